The Balaban J connectivity index is 2.77. The van der Waals surface area contributed by atoms with Crippen LogP contribution in [0.4, 0.5) is 0 Å². The van der Waals surface area contributed by atoms with Gasteiger partial charge < -0.3 is 4.57 Å². The van der Waals surface area contributed by atoms with Crippen LogP contribution in [0.3, 0.4) is 0 Å². The lowest BCUT2D eigenvalue weighted by molar-refractivity contribution is 0.333. The van der Waals surface area contributed by atoms with Gasteiger partial charge in [-0.1, -0.05) is 26.7 Å². The molecule has 0 aliphatic rings. The van der Waals surface area contributed by atoms with Crippen molar-refractivity contribution in [2.45, 2.75) is 39.7 Å². The number of halogens is 1. The second kappa shape index (κ2) is 4.61. The van der Waals surface area contributed by atoms with Crippen LogP contribution >= 0.6 is 11.6 Å². The van der Waals surface area contributed by atoms with Gasteiger partial charge in [-0.15, -0.1) is 10.2 Å². The van der Waals surface area contributed by atoms with E-state index in [0.29, 0.717) is 17.2 Å². The number of nitrogens with zero attached hydrogens (tertiary/aromatic N) is 3. The van der Waals surface area contributed by atoms with Gasteiger partial charge in [0.15, 0.2) is 0 Å². The first-order valence-electron chi connectivity index (χ1n) is 4.75. The fourth-order valence-electron chi connectivity index (χ4n) is 1.70. The molecule has 74 valence electrons. The molecular formula is C9H16ClN3. The first kappa shape index (κ1) is 10.5. The molecule has 0 N–H and O–H groups in total. The minimum Gasteiger partial charge on any atom is -0.301 e. The molecule has 1 unspecified atom stereocenters. The standard InChI is InChI=1S/C9H16ClN3/c1-4-8(5-2)7(3)13-6-11-12-9(13)10/h6-8H,4-5H2,1-3H3. The maximum absolute atomic E-state index is 5.88. The quantitative estimate of drug-likeness (QED) is 0.750. The summed E-state index contributed by atoms with van der Waals surface area (Å²) in [5.74, 6) is 0.647. The third kappa shape index (κ3) is 2.21. The van der Waals surface area contributed by atoms with Gasteiger partial charge in [0.05, 0.1) is 0 Å². The summed E-state index contributed by atoms with van der Waals surface area (Å²) in [5.41, 5.74) is 0. The topological polar surface area (TPSA) is 30.7 Å². The van der Waals surface area contributed by atoms with Crippen LogP contribution in [0.2, 0.25) is 5.28 Å². The summed E-state index contributed by atoms with van der Waals surface area (Å²) in [5, 5.41) is 8.03. The fourth-order valence-corrected chi connectivity index (χ4v) is 1.94. The summed E-state index contributed by atoms with van der Waals surface area (Å²) in [6.45, 7) is 6.55. The average Bonchev–Trinajstić information content (AvgIpc) is 2.53. The highest BCUT2D eigenvalue weighted by Crippen LogP contribution is 2.25. The second-order valence-electron chi connectivity index (χ2n) is 3.32. The number of aromatic nitrogens is 3. The summed E-state index contributed by atoms with van der Waals surface area (Å²) in [6, 6.07) is 0.387. The Morgan fingerprint density at radius 1 is 1.46 bits per heavy atom. The van der Waals surface area contributed by atoms with E-state index in [1.807, 2.05) is 4.57 Å². The van der Waals surface area contributed by atoms with E-state index in [2.05, 4.69) is 31.0 Å². The Morgan fingerprint density at radius 3 is 2.46 bits per heavy atom. The molecule has 4 heteroatoms. The molecule has 1 rings (SSSR count). The molecule has 0 aromatic carbocycles. The molecule has 0 saturated heterocycles. The van der Waals surface area contributed by atoms with Crippen LogP contribution in [0, 0.1) is 5.92 Å². The van der Waals surface area contributed by atoms with Crippen LogP contribution in [0.5, 0.6) is 0 Å². The molecule has 3 nitrogen and oxygen atoms in total. The number of hydrogen-bond acceptors (Lipinski definition) is 2. The zero-order chi connectivity index (χ0) is 9.84. The van der Waals surface area contributed by atoms with Crippen LogP contribution in [0.1, 0.15) is 39.7 Å². The van der Waals surface area contributed by atoms with Crippen molar-refractivity contribution in [3.05, 3.63) is 11.6 Å². The summed E-state index contributed by atoms with van der Waals surface area (Å²) in [4.78, 5) is 0. The van der Waals surface area contributed by atoms with Crippen molar-refractivity contribution in [2.75, 3.05) is 0 Å². The van der Waals surface area contributed by atoms with Gasteiger partial charge in [0.2, 0.25) is 5.28 Å². The zero-order valence-corrected chi connectivity index (χ0v) is 9.12. The van der Waals surface area contributed by atoms with Crippen molar-refractivity contribution in [2.24, 2.45) is 5.92 Å². The first-order valence-corrected chi connectivity index (χ1v) is 5.13. The zero-order valence-electron chi connectivity index (χ0n) is 8.37. The lowest BCUT2D eigenvalue weighted by Crippen LogP contribution is -2.14. The lowest BCUT2D eigenvalue weighted by Gasteiger charge is -2.22. The van der Waals surface area contributed by atoms with Gasteiger partial charge >= 0.3 is 0 Å². The molecule has 1 aromatic heterocycles. The molecule has 0 radical (unpaired) electrons. The van der Waals surface area contributed by atoms with Crippen molar-refractivity contribution in [1.29, 1.82) is 0 Å². The molecule has 0 aliphatic carbocycles. The van der Waals surface area contributed by atoms with Crippen LogP contribution in [-0.4, -0.2) is 14.8 Å². The maximum atomic E-state index is 5.88. The fraction of sp³-hybridized carbons (Fsp3) is 0.778. The lowest BCUT2D eigenvalue weighted by atomic mass is 9.95. The van der Waals surface area contributed by atoms with E-state index in [1.54, 1.807) is 6.33 Å². The van der Waals surface area contributed by atoms with Crippen LogP contribution in [-0.2, 0) is 0 Å². The number of hydrogen-bond donors (Lipinski definition) is 0. The van der Waals surface area contributed by atoms with Crippen LogP contribution in [0.15, 0.2) is 6.33 Å². The van der Waals surface area contributed by atoms with Gasteiger partial charge in [0, 0.05) is 6.04 Å². The Labute approximate surface area is 84.1 Å². The highest BCUT2D eigenvalue weighted by Gasteiger charge is 2.17. The molecule has 0 fully saturated rings. The Hall–Kier alpha value is -0.570. The molecule has 0 spiro atoms. The molecule has 0 bridgehead atoms. The van der Waals surface area contributed by atoms with Gasteiger partial charge in [0.1, 0.15) is 6.33 Å². The molecule has 0 saturated carbocycles. The summed E-state index contributed by atoms with van der Waals surface area (Å²) in [6.07, 6.45) is 4.02. The molecule has 1 heterocycles. The minimum absolute atomic E-state index is 0.387. The van der Waals surface area contributed by atoms with Crippen molar-refractivity contribution in [3.63, 3.8) is 0 Å². The van der Waals surface area contributed by atoms with Crippen molar-refractivity contribution in [1.82, 2.24) is 14.8 Å². The van der Waals surface area contributed by atoms with E-state index in [9.17, 15) is 0 Å². The van der Waals surface area contributed by atoms with E-state index >= 15 is 0 Å². The highest BCUT2D eigenvalue weighted by molar-refractivity contribution is 6.28. The molecule has 1 atom stereocenters. The first-order chi connectivity index (χ1) is 6.20. The smallest absolute Gasteiger partial charge is 0.225 e. The van der Waals surface area contributed by atoms with E-state index in [-0.39, 0.29) is 0 Å². The van der Waals surface area contributed by atoms with Crippen molar-refractivity contribution >= 4 is 11.6 Å². The van der Waals surface area contributed by atoms with Crippen molar-refractivity contribution < 1.29 is 0 Å². The van der Waals surface area contributed by atoms with Gasteiger partial charge in [-0.2, -0.15) is 0 Å². The summed E-state index contributed by atoms with van der Waals surface area (Å²) < 4.78 is 1.93. The van der Waals surface area contributed by atoms with Gasteiger partial charge in [-0.05, 0) is 24.4 Å². The molecule has 1 aromatic rings. The van der Waals surface area contributed by atoms with Crippen molar-refractivity contribution in [3.8, 4) is 0 Å². The van der Waals surface area contributed by atoms with Gasteiger partial charge in [-0.3, -0.25) is 0 Å². The summed E-state index contributed by atoms with van der Waals surface area (Å²) >= 11 is 5.88. The van der Waals surface area contributed by atoms with E-state index in [1.165, 1.54) is 0 Å². The molecular weight excluding hydrogens is 186 g/mol. The van der Waals surface area contributed by atoms with Gasteiger partial charge in [0.25, 0.3) is 0 Å². The normalized spacial score (nSPS) is 13.6. The van der Waals surface area contributed by atoms with E-state index in [4.69, 9.17) is 11.6 Å². The molecule has 0 aliphatic heterocycles. The molecule has 0 amide bonds. The Kier molecular flexibility index (Phi) is 3.72. The minimum atomic E-state index is 0.387. The Morgan fingerprint density at radius 2 is 2.08 bits per heavy atom. The highest BCUT2D eigenvalue weighted by atomic mass is 35.5. The molecule has 13 heavy (non-hydrogen) atoms. The predicted molar refractivity (Wildman–Crippen MR) is 53.8 cm³/mol. The summed E-state index contributed by atoms with van der Waals surface area (Å²) in [7, 11) is 0. The Bertz CT molecular complexity index is 255. The third-order valence-electron chi connectivity index (χ3n) is 2.70. The van der Waals surface area contributed by atoms with Gasteiger partial charge in [-0.25, -0.2) is 0 Å². The van der Waals surface area contributed by atoms with E-state index < -0.39 is 0 Å². The number of rotatable bonds is 4. The average molecular weight is 202 g/mol. The maximum Gasteiger partial charge on any atom is 0.225 e. The second-order valence-corrected chi connectivity index (χ2v) is 3.66. The third-order valence-corrected chi connectivity index (χ3v) is 2.97. The monoisotopic (exact) mass is 201 g/mol. The van der Waals surface area contributed by atoms with Crippen LogP contribution in [0.25, 0.3) is 0 Å². The SMILES string of the molecule is CCC(CC)C(C)n1cnnc1Cl. The predicted octanol–water partition coefficient (Wildman–Crippen LogP) is 2.93. The van der Waals surface area contributed by atoms with E-state index in [0.717, 1.165) is 12.8 Å². The van der Waals surface area contributed by atoms with Crippen LogP contribution < -0.4 is 0 Å². The largest absolute Gasteiger partial charge is 0.301 e.